The number of fused-ring (bicyclic) bond motifs is 3. The monoisotopic (exact) mass is 473 g/mol. The lowest BCUT2D eigenvalue weighted by Gasteiger charge is -2.10. The van der Waals surface area contributed by atoms with Gasteiger partial charge in [0.1, 0.15) is 29.3 Å². The van der Waals surface area contributed by atoms with E-state index in [1.54, 1.807) is 6.20 Å². The summed E-state index contributed by atoms with van der Waals surface area (Å²) in [6.45, 7) is 2.47. The van der Waals surface area contributed by atoms with Crippen LogP contribution in [0, 0.1) is 18.6 Å². The molecule has 0 aliphatic carbocycles. The molecule has 5 heterocycles. The summed E-state index contributed by atoms with van der Waals surface area (Å²) in [7, 11) is 0. The molecule has 0 atom stereocenters. The summed E-state index contributed by atoms with van der Waals surface area (Å²) < 4.78 is 35.2. The van der Waals surface area contributed by atoms with Crippen molar-refractivity contribution in [1.82, 2.24) is 24.7 Å². The van der Waals surface area contributed by atoms with Crippen LogP contribution in [-0.4, -0.2) is 31.3 Å². The molecule has 4 aromatic heterocycles. The molecular weight excluding hydrogens is 456 g/mol. The molecule has 6 rings (SSSR count). The lowest BCUT2D eigenvalue weighted by atomic mass is 10.1. The zero-order valence-corrected chi connectivity index (χ0v) is 18.8. The zero-order chi connectivity index (χ0) is 23.2. The number of ether oxygens (including phenoxy) is 1. The summed E-state index contributed by atoms with van der Waals surface area (Å²) in [5.74, 6) is -0.163. The normalized spacial score (nSPS) is 12.6. The highest BCUT2D eigenvalue weighted by Gasteiger charge is 2.24. The predicted octanol–water partition coefficient (Wildman–Crippen LogP) is 5.64. The van der Waals surface area contributed by atoms with Crippen molar-refractivity contribution in [2.45, 2.75) is 13.3 Å². The summed E-state index contributed by atoms with van der Waals surface area (Å²) in [6, 6.07) is 13.2. The third-order valence-corrected chi connectivity index (χ3v) is 6.88. The second-order valence-electron chi connectivity index (χ2n) is 7.83. The quantitative estimate of drug-likeness (QED) is 0.339. The van der Waals surface area contributed by atoms with Crippen LogP contribution in [0.5, 0.6) is 5.75 Å². The SMILES string of the molecule is Cc1ncccc1-c1ccc2c(n1)-c1sc(-c3ncnn3-c3ccc(F)cc3F)cc1CCO2. The van der Waals surface area contributed by atoms with E-state index < -0.39 is 11.6 Å². The topological polar surface area (TPSA) is 65.7 Å². The Morgan fingerprint density at radius 1 is 1.06 bits per heavy atom. The van der Waals surface area contributed by atoms with Crippen LogP contribution in [-0.2, 0) is 6.42 Å². The Bertz CT molecular complexity index is 1540. The van der Waals surface area contributed by atoms with Crippen LogP contribution in [0.3, 0.4) is 0 Å². The Kier molecular flexibility index (Phi) is 4.91. The van der Waals surface area contributed by atoms with E-state index in [-0.39, 0.29) is 5.69 Å². The minimum atomic E-state index is -0.707. The van der Waals surface area contributed by atoms with E-state index >= 15 is 0 Å². The van der Waals surface area contributed by atoms with Crippen molar-refractivity contribution in [3.8, 4) is 44.0 Å². The van der Waals surface area contributed by atoms with Gasteiger partial charge in [-0.05, 0) is 55.0 Å². The average molecular weight is 474 g/mol. The molecule has 34 heavy (non-hydrogen) atoms. The number of aryl methyl sites for hydroxylation is 1. The molecule has 0 saturated heterocycles. The first-order valence-corrected chi connectivity index (χ1v) is 11.4. The molecule has 0 bridgehead atoms. The van der Waals surface area contributed by atoms with E-state index in [1.165, 1.54) is 34.5 Å². The van der Waals surface area contributed by atoms with E-state index in [9.17, 15) is 8.78 Å². The number of rotatable bonds is 3. The van der Waals surface area contributed by atoms with Gasteiger partial charge in [0, 0.05) is 29.9 Å². The first-order valence-electron chi connectivity index (χ1n) is 10.6. The molecule has 9 heteroatoms. The summed E-state index contributed by atoms with van der Waals surface area (Å²) in [4.78, 5) is 15.5. The molecule has 0 radical (unpaired) electrons. The Morgan fingerprint density at radius 3 is 2.82 bits per heavy atom. The molecule has 0 N–H and O–H groups in total. The van der Waals surface area contributed by atoms with Gasteiger partial charge in [-0.15, -0.1) is 11.3 Å². The number of hydrogen-bond donors (Lipinski definition) is 0. The van der Waals surface area contributed by atoms with Crippen molar-refractivity contribution in [1.29, 1.82) is 0 Å². The van der Waals surface area contributed by atoms with Crippen LogP contribution >= 0.6 is 11.3 Å². The molecule has 1 aliphatic rings. The Morgan fingerprint density at radius 2 is 1.97 bits per heavy atom. The second-order valence-corrected chi connectivity index (χ2v) is 8.89. The van der Waals surface area contributed by atoms with E-state index in [2.05, 4.69) is 15.1 Å². The highest BCUT2D eigenvalue weighted by Crippen LogP contribution is 2.43. The summed E-state index contributed by atoms with van der Waals surface area (Å²) in [6.07, 6.45) is 3.82. The highest BCUT2D eigenvalue weighted by atomic mass is 32.1. The second kappa shape index (κ2) is 8.11. The van der Waals surface area contributed by atoms with E-state index in [4.69, 9.17) is 9.72 Å². The molecule has 5 aromatic rings. The zero-order valence-electron chi connectivity index (χ0n) is 18.0. The fourth-order valence-electron chi connectivity index (χ4n) is 4.07. The van der Waals surface area contributed by atoms with Gasteiger partial charge in [0.2, 0.25) is 0 Å². The van der Waals surface area contributed by atoms with Crippen molar-refractivity contribution in [3.63, 3.8) is 0 Å². The molecule has 1 aromatic carbocycles. The van der Waals surface area contributed by atoms with Gasteiger partial charge in [0.25, 0.3) is 0 Å². The van der Waals surface area contributed by atoms with Crippen LogP contribution in [0.1, 0.15) is 11.3 Å². The number of hydrogen-bond acceptors (Lipinski definition) is 6. The van der Waals surface area contributed by atoms with Gasteiger partial charge in [0.15, 0.2) is 11.6 Å². The van der Waals surface area contributed by atoms with Gasteiger partial charge in [-0.3, -0.25) is 4.98 Å². The Balaban J connectivity index is 1.47. The number of halogens is 2. The molecule has 1 aliphatic heterocycles. The van der Waals surface area contributed by atoms with Gasteiger partial charge in [-0.1, -0.05) is 0 Å². The van der Waals surface area contributed by atoms with Crippen LogP contribution in [0.4, 0.5) is 8.78 Å². The first-order chi connectivity index (χ1) is 16.6. The standard InChI is InChI=1S/C25H17F2N5OS/c1-14-17(3-2-9-28-14)19-5-7-21-23(31-19)24-15(8-10-33-21)11-22(34-24)25-29-13-30-32(25)20-6-4-16(26)12-18(20)27/h2-7,9,11-13H,8,10H2,1H3. The minimum absolute atomic E-state index is 0.133. The molecule has 0 saturated carbocycles. The van der Waals surface area contributed by atoms with Crippen LogP contribution < -0.4 is 4.74 Å². The number of thiophene rings is 1. The largest absolute Gasteiger partial charge is 0.491 e. The van der Waals surface area contributed by atoms with Gasteiger partial charge in [0.05, 0.1) is 22.1 Å². The molecule has 0 amide bonds. The number of benzene rings is 1. The fraction of sp³-hybridized carbons (Fsp3) is 0.120. The summed E-state index contributed by atoms with van der Waals surface area (Å²) in [5.41, 5.74) is 4.62. The third kappa shape index (κ3) is 3.45. The maximum atomic E-state index is 14.5. The molecule has 168 valence electrons. The highest BCUT2D eigenvalue weighted by molar-refractivity contribution is 7.19. The Hall–Kier alpha value is -3.98. The van der Waals surface area contributed by atoms with Crippen molar-refractivity contribution in [2.75, 3.05) is 6.61 Å². The lowest BCUT2D eigenvalue weighted by molar-refractivity contribution is 0.325. The maximum Gasteiger partial charge on any atom is 0.173 e. The molecule has 0 unspecified atom stereocenters. The first kappa shape index (κ1) is 20.6. The molecule has 6 nitrogen and oxygen atoms in total. The fourth-order valence-corrected chi connectivity index (χ4v) is 5.25. The van der Waals surface area contributed by atoms with Crippen molar-refractivity contribution in [3.05, 3.63) is 83.9 Å². The van der Waals surface area contributed by atoms with Crippen LogP contribution in [0.2, 0.25) is 0 Å². The number of nitrogens with zero attached hydrogens (tertiary/aromatic N) is 5. The molecule has 0 fully saturated rings. The number of pyridine rings is 2. The van der Waals surface area contributed by atoms with Crippen molar-refractivity contribution >= 4 is 11.3 Å². The average Bonchev–Trinajstić information content (AvgIpc) is 3.44. The van der Waals surface area contributed by atoms with Gasteiger partial charge < -0.3 is 4.74 Å². The van der Waals surface area contributed by atoms with E-state index in [0.717, 1.165) is 44.0 Å². The predicted molar refractivity (Wildman–Crippen MR) is 125 cm³/mol. The molecule has 0 spiro atoms. The number of aromatic nitrogens is 5. The summed E-state index contributed by atoms with van der Waals surface area (Å²) >= 11 is 1.50. The van der Waals surface area contributed by atoms with Crippen LogP contribution in [0.25, 0.3) is 38.2 Å². The van der Waals surface area contributed by atoms with E-state index in [1.807, 2.05) is 37.3 Å². The smallest absolute Gasteiger partial charge is 0.173 e. The Labute approximate surface area is 197 Å². The minimum Gasteiger partial charge on any atom is -0.491 e. The van der Waals surface area contributed by atoms with Gasteiger partial charge in [-0.2, -0.15) is 5.10 Å². The van der Waals surface area contributed by atoms with E-state index in [0.29, 0.717) is 24.6 Å². The van der Waals surface area contributed by atoms with Crippen LogP contribution in [0.15, 0.2) is 61.1 Å². The summed E-state index contributed by atoms with van der Waals surface area (Å²) in [5, 5.41) is 4.19. The van der Waals surface area contributed by atoms with Gasteiger partial charge in [-0.25, -0.2) is 23.4 Å². The molecular formula is C25H17F2N5OS. The third-order valence-electron chi connectivity index (χ3n) is 5.70. The van der Waals surface area contributed by atoms with Gasteiger partial charge >= 0.3 is 0 Å². The van der Waals surface area contributed by atoms with Crippen molar-refractivity contribution < 1.29 is 13.5 Å². The lowest BCUT2D eigenvalue weighted by Crippen LogP contribution is -2.02. The van der Waals surface area contributed by atoms with Crippen molar-refractivity contribution in [2.24, 2.45) is 0 Å². The maximum absolute atomic E-state index is 14.5.